The summed E-state index contributed by atoms with van der Waals surface area (Å²) in [6.07, 6.45) is 3.61. The second-order valence-corrected chi connectivity index (χ2v) is 7.96. The quantitative estimate of drug-likeness (QED) is 0.466. The number of likely N-dealkylation sites (N-methyl/N-ethyl adjacent to an activating group) is 1. The number of anilines is 1. The molecule has 0 saturated heterocycles. The van der Waals surface area contributed by atoms with Gasteiger partial charge in [0.05, 0.1) is 11.9 Å². The summed E-state index contributed by atoms with van der Waals surface area (Å²) in [4.78, 5) is 30.1. The molecule has 0 radical (unpaired) electrons. The van der Waals surface area contributed by atoms with Gasteiger partial charge in [0.25, 0.3) is 11.8 Å². The van der Waals surface area contributed by atoms with Crippen molar-refractivity contribution in [2.75, 3.05) is 26.0 Å². The Labute approximate surface area is 189 Å². The highest BCUT2D eigenvalue weighted by Gasteiger charge is 2.14. The summed E-state index contributed by atoms with van der Waals surface area (Å²) >= 11 is 1.38. The highest BCUT2D eigenvalue weighted by molar-refractivity contribution is 7.13. The van der Waals surface area contributed by atoms with Crippen molar-refractivity contribution < 1.29 is 14.3 Å². The first-order chi connectivity index (χ1) is 15.5. The average molecular weight is 448 g/mol. The number of thiazole rings is 1. The van der Waals surface area contributed by atoms with E-state index in [1.807, 2.05) is 36.5 Å². The van der Waals surface area contributed by atoms with Gasteiger partial charge in [-0.3, -0.25) is 9.59 Å². The van der Waals surface area contributed by atoms with Crippen LogP contribution >= 0.6 is 11.3 Å². The average Bonchev–Trinajstić information content (AvgIpc) is 3.49. The molecule has 0 aliphatic carbocycles. The molecule has 162 valence electrons. The molecule has 4 aromatic rings. The Hall–Kier alpha value is -3.98. The molecule has 2 heterocycles. The van der Waals surface area contributed by atoms with Crippen LogP contribution in [-0.2, 0) is 4.79 Å². The molecule has 0 aliphatic rings. The van der Waals surface area contributed by atoms with Gasteiger partial charge in [0.2, 0.25) is 0 Å². The van der Waals surface area contributed by atoms with Gasteiger partial charge < -0.3 is 15.0 Å². The molecule has 0 fully saturated rings. The smallest absolute Gasteiger partial charge is 0.275 e. The number of para-hydroxylation sites is 1. The lowest BCUT2D eigenvalue weighted by Crippen LogP contribution is -2.27. The van der Waals surface area contributed by atoms with Gasteiger partial charge in [-0.15, -0.1) is 11.3 Å². The summed E-state index contributed by atoms with van der Waals surface area (Å²) in [7, 11) is 3.34. The van der Waals surface area contributed by atoms with E-state index in [9.17, 15) is 9.59 Å². The maximum Gasteiger partial charge on any atom is 0.275 e. The minimum atomic E-state index is -0.306. The molecule has 0 bridgehead atoms. The summed E-state index contributed by atoms with van der Waals surface area (Å²) in [5.41, 5.74) is 2.72. The van der Waals surface area contributed by atoms with Crippen molar-refractivity contribution in [3.63, 3.8) is 0 Å². The summed E-state index contributed by atoms with van der Waals surface area (Å²) in [6.45, 7) is -0.0405. The Balaban J connectivity index is 1.38. The lowest BCUT2D eigenvalue weighted by Gasteiger charge is -2.11. The zero-order valence-corrected chi connectivity index (χ0v) is 18.4. The van der Waals surface area contributed by atoms with Crippen molar-refractivity contribution in [2.24, 2.45) is 0 Å². The Kier molecular flexibility index (Phi) is 6.27. The normalized spacial score (nSPS) is 10.6. The monoisotopic (exact) mass is 447 g/mol. The van der Waals surface area contributed by atoms with Crippen LogP contribution in [0.3, 0.4) is 0 Å². The van der Waals surface area contributed by atoms with Crippen LogP contribution in [0.2, 0.25) is 0 Å². The fraction of sp³-hybridized carbons (Fsp3) is 0.130. The number of amides is 2. The largest absolute Gasteiger partial charge is 0.484 e. The molecule has 0 saturated carbocycles. The van der Waals surface area contributed by atoms with Gasteiger partial charge >= 0.3 is 0 Å². The van der Waals surface area contributed by atoms with Crippen LogP contribution in [0, 0.1) is 0 Å². The summed E-state index contributed by atoms with van der Waals surface area (Å²) in [5.74, 6) is 0.111. The lowest BCUT2D eigenvalue weighted by molar-refractivity contribution is -0.130. The highest BCUT2D eigenvalue weighted by Crippen LogP contribution is 2.25. The number of rotatable bonds is 7. The molecule has 0 aliphatic heterocycles. The number of benzene rings is 2. The summed E-state index contributed by atoms with van der Waals surface area (Å²) in [5, 5.41) is 9.63. The van der Waals surface area contributed by atoms with Crippen LogP contribution < -0.4 is 10.1 Å². The molecule has 1 N–H and O–H groups in total. The standard InChI is InChI=1S/C23H21N5O3S/c1-27(2)21(29)14-31-19-10-8-17(9-11-19)25-22(30)20-15-32-23(26-20)16-12-24-28(13-16)18-6-4-3-5-7-18/h3-13,15H,14H2,1-2H3,(H,25,30). The second kappa shape index (κ2) is 9.44. The predicted octanol–water partition coefficient (Wildman–Crippen LogP) is 3.72. The van der Waals surface area contributed by atoms with Crippen molar-refractivity contribution >= 4 is 28.8 Å². The molecular formula is C23H21N5O3S. The Morgan fingerprint density at radius 3 is 2.56 bits per heavy atom. The Morgan fingerprint density at radius 2 is 1.84 bits per heavy atom. The van der Waals surface area contributed by atoms with Gasteiger partial charge in [-0.1, -0.05) is 18.2 Å². The van der Waals surface area contributed by atoms with Crippen LogP contribution in [0.15, 0.2) is 72.4 Å². The number of hydrogen-bond acceptors (Lipinski definition) is 6. The van der Waals surface area contributed by atoms with Crippen LogP contribution in [0.4, 0.5) is 5.69 Å². The molecule has 2 aromatic carbocycles. The van der Waals surface area contributed by atoms with E-state index >= 15 is 0 Å². The maximum atomic E-state index is 12.6. The van der Waals surface area contributed by atoms with E-state index in [-0.39, 0.29) is 18.4 Å². The fourth-order valence-electron chi connectivity index (χ4n) is 2.77. The second-order valence-electron chi connectivity index (χ2n) is 7.10. The number of aromatic nitrogens is 3. The SMILES string of the molecule is CN(C)C(=O)COc1ccc(NC(=O)c2csc(-c3cnn(-c4ccccc4)c3)n2)cc1. The third kappa shape index (κ3) is 5.01. The van der Waals surface area contributed by atoms with Crippen molar-refractivity contribution in [1.82, 2.24) is 19.7 Å². The first kappa shape index (κ1) is 21.3. The third-order valence-electron chi connectivity index (χ3n) is 4.56. The van der Waals surface area contributed by atoms with E-state index in [1.54, 1.807) is 54.6 Å². The molecule has 0 spiro atoms. The van der Waals surface area contributed by atoms with E-state index in [4.69, 9.17) is 4.74 Å². The first-order valence-corrected chi connectivity index (χ1v) is 10.7. The number of carbonyl (C=O) groups is 2. The lowest BCUT2D eigenvalue weighted by atomic mass is 10.3. The van der Waals surface area contributed by atoms with E-state index in [0.29, 0.717) is 22.1 Å². The number of hydrogen-bond donors (Lipinski definition) is 1. The topological polar surface area (TPSA) is 89.4 Å². The van der Waals surface area contributed by atoms with Gasteiger partial charge in [-0.05, 0) is 36.4 Å². The minimum Gasteiger partial charge on any atom is -0.484 e. The Morgan fingerprint density at radius 1 is 1.09 bits per heavy atom. The van der Waals surface area contributed by atoms with Crippen LogP contribution in [-0.4, -0.2) is 52.2 Å². The summed E-state index contributed by atoms with van der Waals surface area (Å²) < 4.78 is 7.21. The van der Waals surface area contributed by atoms with Crippen LogP contribution in [0.25, 0.3) is 16.3 Å². The van der Waals surface area contributed by atoms with Gasteiger partial charge in [0.1, 0.15) is 16.5 Å². The van der Waals surface area contributed by atoms with Crippen LogP contribution in [0.5, 0.6) is 5.75 Å². The maximum absolute atomic E-state index is 12.6. The van der Waals surface area contributed by atoms with Gasteiger partial charge in [0, 0.05) is 36.9 Å². The fourth-order valence-corrected chi connectivity index (χ4v) is 3.55. The molecule has 4 rings (SSSR count). The van der Waals surface area contributed by atoms with Crippen molar-refractivity contribution in [1.29, 1.82) is 0 Å². The van der Waals surface area contributed by atoms with Crippen molar-refractivity contribution in [3.8, 4) is 22.0 Å². The Bertz CT molecular complexity index is 1220. The minimum absolute atomic E-state index is 0.0405. The molecular weight excluding hydrogens is 426 g/mol. The van der Waals surface area contributed by atoms with E-state index < -0.39 is 0 Å². The van der Waals surface area contributed by atoms with E-state index in [0.717, 1.165) is 11.3 Å². The zero-order chi connectivity index (χ0) is 22.5. The molecule has 2 amide bonds. The van der Waals surface area contributed by atoms with E-state index in [1.165, 1.54) is 16.2 Å². The predicted molar refractivity (Wildman–Crippen MR) is 123 cm³/mol. The number of nitrogens with one attached hydrogen (secondary N) is 1. The van der Waals surface area contributed by atoms with Crippen molar-refractivity contribution in [3.05, 3.63) is 78.1 Å². The molecule has 8 nitrogen and oxygen atoms in total. The molecule has 32 heavy (non-hydrogen) atoms. The van der Waals surface area contributed by atoms with Crippen molar-refractivity contribution in [2.45, 2.75) is 0 Å². The number of ether oxygens (including phenoxy) is 1. The molecule has 9 heteroatoms. The number of nitrogens with zero attached hydrogens (tertiary/aromatic N) is 4. The molecule has 0 atom stereocenters. The van der Waals surface area contributed by atoms with Gasteiger partial charge in [0.15, 0.2) is 6.61 Å². The first-order valence-electron chi connectivity index (χ1n) is 9.80. The zero-order valence-electron chi connectivity index (χ0n) is 17.6. The third-order valence-corrected chi connectivity index (χ3v) is 5.45. The summed E-state index contributed by atoms with van der Waals surface area (Å²) in [6, 6.07) is 16.6. The van der Waals surface area contributed by atoms with Crippen LogP contribution in [0.1, 0.15) is 10.5 Å². The van der Waals surface area contributed by atoms with E-state index in [2.05, 4.69) is 15.4 Å². The molecule has 2 aromatic heterocycles. The molecule has 0 unspecified atom stereocenters. The van der Waals surface area contributed by atoms with Gasteiger partial charge in [-0.2, -0.15) is 5.10 Å². The van der Waals surface area contributed by atoms with Gasteiger partial charge in [-0.25, -0.2) is 9.67 Å². The highest BCUT2D eigenvalue weighted by atomic mass is 32.1. The number of carbonyl (C=O) groups excluding carboxylic acids is 2.